The molecule has 110 valence electrons. The number of likely N-dealkylation sites (tertiary alicyclic amines) is 1. The van der Waals surface area contributed by atoms with Gasteiger partial charge < -0.3 is 10.2 Å². The Hall–Kier alpha value is -1.30. The van der Waals surface area contributed by atoms with Crippen molar-refractivity contribution >= 4 is 23.0 Å². The summed E-state index contributed by atoms with van der Waals surface area (Å²) in [5.41, 5.74) is -0.302. The molecule has 6 heteroatoms. The van der Waals surface area contributed by atoms with Crippen molar-refractivity contribution in [1.82, 2.24) is 4.90 Å². The molecule has 0 unspecified atom stereocenters. The van der Waals surface area contributed by atoms with Gasteiger partial charge in [0, 0.05) is 17.8 Å². The number of hydrogen-bond acceptors (Lipinski definition) is 1. The zero-order chi connectivity index (χ0) is 14.9. The lowest BCUT2D eigenvalue weighted by molar-refractivity contribution is -0.137. The van der Waals surface area contributed by atoms with Gasteiger partial charge in [-0.2, -0.15) is 13.2 Å². The fourth-order valence-corrected chi connectivity index (χ4v) is 3.03. The van der Waals surface area contributed by atoms with Crippen LogP contribution < -0.4 is 5.32 Å². The van der Waals surface area contributed by atoms with Crippen LogP contribution in [0.3, 0.4) is 0 Å². The van der Waals surface area contributed by atoms with Crippen LogP contribution in [0.2, 0.25) is 0 Å². The monoisotopic (exact) mass is 302 g/mol. The van der Waals surface area contributed by atoms with E-state index in [4.69, 9.17) is 12.2 Å². The van der Waals surface area contributed by atoms with Gasteiger partial charge in [-0.15, -0.1) is 0 Å². The van der Waals surface area contributed by atoms with Gasteiger partial charge in [-0.1, -0.05) is 6.07 Å². The number of halogens is 3. The molecular formula is C14H17F3N2S. The van der Waals surface area contributed by atoms with Crippen LogP contribution in [0.5, 0.6) is 0 Å². The fourth-order valence-electron chi connectivity index (χ4n) is 2.56. The molecule has 1 aliphatic rings. The highest BCUT2D eigenvalue weighted by atomic mass is 32.1. The van der Waals surface area contributed by atoms with Gasteiger partial charge >= 0.3 is 6.18 Å². The van der Waals surface area contributed by atoms with Gasteiger partial charge in [-0.3, -0.25) is 0 Å². The smallest absolute Gasteiger partial charge is 0.344 e. The van der Waals surface area contributed by atoms with E-state index >= 15 is 0 Å². The standard InChI is InChI=1S/C14H17F3N2S/c1-9-6-7-10(2)19(9)13(20)18-12-5-3-4-11(8-12)14(15,16)17/h3-5,8-10H,6-7H2,1-2H3,(H,18,20)/t9-,10+. The van der Waals surface area contributed by atoms with E-state index in [9.17, 15) is 13.2 Å². The summed E-state index contributed by atoms with van der Waals surface area (Å²) >= 11 is 5.32. The Morgan fingerprint density at radius 2 is 1.85 bits per heavy atom. The van der Waals surface area contributed by atoms with E-state index in [-0.39, 0.29) is 0 Å². The third kappa shape index (κ3) is 3.23. The van der Waals surface area contributed by atoms with Crippen LogP contribution in [0.4, 0.5) is 18.9 Å². The number of alkyl halides is 3. The minimum atomic E-state index is -4.34. The van der Waals surface area contributed by atoms with Crippen molar-refractivity contribution in [2.24, 2.45) is 0 Å². The normalized spacial score (nSPS) is 22.9. The average molecular weight is 302 g/mol. The van der Waals surface area contributed by atoms with Crippen molar-refractivity contribution in [3.8, 4) is 0 Å². The maximum Gasteiger partial charge on any atom is 0.416 e. The molecule has 1 N–H and O–H groups in total. The highest BCUT2D eigenvalue weighted by molar-refractivity contribution is 7.80. The molecule has 1 saturated heterocycles. The summed E-state index contributed by atoms with van der Waals surface area (Å²) in [5.74, 6) is 0. The second kappa shape index (κ2) is 5.60. The number of benzene rings is 1. The first-order valence-electron chi connectivity index (χ1n) is 6.55. The number of thiocarbonyl (C=S) groups is 1. The van der Waals surface area contributed by atoms with Crippen molar-refractivity contribution in [2.75, 3.05) is 5.32 Å². The number of hydrogen-bond donors (Lipinski definition) is 1. The Bertz CT molecular complexity index is 491. The molecule has 0 aromatic heterocycles. The van der Waals surface area contributed by atoms with E-state index in [0.29, 0.717) is 22.9 Å². The van der Waals surface area contributed by atoms with Crippen LogP contribution in [0, 0.1) is 0 Å². The molecule has 1 aromatic rings. The predicted molar refractivity (Wildman–Crippen MR) is 77.7 cm³/mol. The predicted octanol–water partition coefficient (Wildman–Crippen LogP) is 4.28. The van der Waals surface area contributed by atoms with Gasteiger partial charge in [0.05, 0.1) is 5.56 Å². The summed E-state index contributed by atoms with van der Waals surface area (Å²) in [4.78, 5) is 2.05. The SMILES string of the molecule is C[C@@H]1CC[C@H](C)N1C(=S)Nc1cccc(C(F)(F)F)c1. The van der Waals surface area contributed by atoms with Gasteiger partial charge in [0.2, 0.25) is 0 Å². The molecule has 20 heavy (non-hydrogen) atoms. The van der Waals surface area contributed by atoms with Crippen LogP contribution >= 0.6 is 12.2 Å². The topological polar surface area (TPSA) is 15.3 Å². The van der Waals surface area contributed by atoms with Gasteiger partial charge in [0.1, 0.15) is 0 Å². The largest absolute Gasteiger partial charge is 0.416 e. The first kappa shape index (κ1) is 15.1. The first-order valence-corrected chi connectivity index (χ1v) is 6.96. The number of rotatable bonds is 1. The van der Waals surface area contributed by atoms with Crippen LogP contribution in [-0.4, -0.2) is 22.1 Å². The van der Waals surface area contributed by atoms with E-state index in [1.807, 2.05) is 0 Å². The van der Waals surface area contributed by atoms with Crippen LogP contribution in [0.15, 0.2) is 24.3 Å². The van der Waals surface area contributed by atoms with Gasteiger partial charge in [-0.25, -0.2) is 0 Å². The van der Waals surface area contributed by atoms with Gasteiger partial charge in [0.25, 0.3) is 0 Å². The van der Waals surface area contributed by atoms with Crippen molar-refractivity contribution in [3.63, 3.8) is 0 Å². The quantitative estimate of drug-likeness (QED) is 0.780. The lowest BCUT2D eigenvalue weighted by Gasteiger charge is -2.29. The van der Waals surface area contributed by atoms with E-state index in [2.05, 4.69) is 24.1 Å². The van der Waals surface area contributed by atoms with E-state index in [0.717, 1.165) is 25.0 Å². The molecular weight excluding hydrogens is 285 g/mol. The Labute approximate surface area is 122 Å². The molecule has 1 aliphatic heterocycles. The lowest BCUT2D eigenvalue weighted by atomic mass is 10.2. The molecule has 0 radical (unpaired) electrons. The Morgan fingerprint density at radius 1 is 1.25 bits per heavy atom. The van der Waals surface area contributed by atoms with Crippen LogP contribution in [0.25, 0.3) is 0 Å². The van der Waals surface area contributed by atoms with E-state index in [1.54, 1.807) is 6.07 Å². The maximum absolute atomic E-state index is 12.7. The van der Waals surface area contributed by atoms with Crippen LogP contribution in [0.1, 0.15) is 32.3 Å². The molecule has 0 bridgehead atoms. The summed E-state index contributed by atoms with van der Waals surface area (Å²) in [6.07, 6.45) is -2.25. The zero-order valence-corrected chi connectivity index (χ0v) is 12.2. The molecule has 0 amide bonds. The fraction of sp³-hybridized carbons (Fsp3) is 0.500. The summed E-state index contributed by atoms with van der Waals surface area (Å²) in [7, 11) is 0. The molecule has 0 saturated carbocycles. The van der Waals surface area contributed by atoms with Crippen LogP contribution in [-0.2, 0) is 6.18 Å². The summed E-state index contributed by atoms with van der Waals surface area (Å²) < 4.78 is 38.0. The molecule has 2 rings (SSSR count). The molecule has 1 aromatic carbocycles. The maximum atomic E-state index is 12.7. The summed E-state index contributed by atoms with van der Waals surface area (Å²) in [6, 6.07) is 5.73. The third-order valence-electron chi connectivity index (χ3n) is 3.63. The average Bonchev–Trinajstić information content (AvgIpc) is 2.68. The molecule has 0 spiro atoms. The Balaban J connectivity index is 2.12. The van der Waals surface area contributed by atoms with Crippen molar-refractivity contribution in [3.05, 3.63) is 29.8 Å². The summed E-state index contributed by atoms with van der Waals surface area (Å²) in [6.45, 7) is 4.15. The van der Waals surface area contributed by atoms with E-state index < -0.39 is 11.7 Å². The minimum Gasteiger partial charge on any atom is -0.344 e. The number of anilines is 1. The second-order valence-corrected chi connectivity index (χ2v) is 5.58. The lowest BCUT2D eigenvalue weighted by Crippen LogP contribution is -2.41. The van der Waals surface area contributed by atoms with E-state index in [1.165, 1.54) is 6.07 Å². The van der Waals surface area contributed by atoms with Crippen molar-refractivity contribution in [1.29, 1.82) is 0 Å². The highest BCUT2D eigenvalue weighted by Crippen LogP contribution is 2.31. The van der Waals surface area contributed by atoms with Gasteiger partial charge in [0.15, 0.2) is 5.11 Å². The number of nitrogens with zero attached hydrogens (tertiary/aromatic N) is 1. The summed E-state index contributed by atoms with van der Waals surface area (Å²) in [5, 5.41) is 3.40. The highest BCUT2D eigenvalue weighted by Gasteiger charge is 2.31. The number of nitrogens with one attached hydrogen (secondary N) is 1. The van der Waals surface area contributed by atoms with Crippen molar-refractivity contribution in [2.45, 2.75) is 44.9 Å². The molecule has 2 atom stereocenters. The molecule has 2 nitrogen and oxygen atoms in total. The third-order valence-corrected chi connectivity index (χ3v) is 3.94. The molecule has 0 aliphatic carbocycles. The molecule has 1 fully saturated rings. The second-order valence-electron chi connectivity index (χ2n) is 5.19. The molecule has 1 heterocycles. The Morgan fingerprint density at radius 3 is 2.40 bits per heavy atom. The zero-order valence-electron chi connectivity index (χ0n) is 11.4. The Kier molecular flexibility index (Phi) is 4.22. The van der Waals surface area contributed by atoms with Crippen molar-refractivity contribution < 1.29 is 13.2 Å². The first-order chi connectivity index (χ1) is 9.29. The van der Waals surface area contributed by atoms with Gasteiger partial charge in [-0.05, 0) is 57.1 Å². The minimum absolute atomic E-state index is 0.316.